The van der Waals surface area contributed by atoms with Crippen molar-refractivity contribution in [3.8, 4) is 5.75 Å². The Morgan fingerprint density at radius 1 is 1.33 bits per heavy atom. The molecule has 1 unspecified atom stereocenters. The van der Waals surface area contributed by atoms with Gasteiger partial charge in [-0.1, -0.05) is 19.8 Å². The predicted octanol–water partition coefficient (Wildman–Crippen LogP) is 3.10. The lowest BCUT2D eigenvalue weighted by Crippen LogP contribution is -2.36. The summed E-state index contributed by atoms with van der Waals surface area (Å²) in [5.74, 6) is -0.993. The van der Waals surface area contributed by atoms with Crippen molar-refractivity contribution in [3.05, 3.63) is 29.6 Å². The van der Waals surface area contributed by atoms with Crippen LogP contribution in [0.25, 0.3) is 0 Å². The molecule has 21 heavy (non-hydrogen) atoms. The van der Waals surface area contributed by atoms with Gasteiger partial charge in [0.05, 0.1) is 5.56 Å². The molecule has 1 amide bonds. The molecular formula is C16H22FNO3. The summed E-state index contributed by atoms with van der Waals surface area (Å²) < 4.78 is 19.0. The molecule has 1 rings (SSSR count). The number of Topliss-reactive ketones (excluding diaryl/α,β-unsaturated/α-hetero) is 1. The Morgan fingerprint density at radius 2 is 2.05 bits per heavy atom. The summed E-state index contributed by atoms with van der Waals surface area (Å²) in [4.78, 5) is 22.9. The fraction of sp³-hybridized carbons (Fsp3) is 0.500. The van der Waals surface area contributed by atoms with Crippen LogP contribution in [0.4, 0.5) is 4.39 Å². The number of amides is 1. The molecule has 1 atom stereocenters. The van der Waals surface area contributed by atoms with Crippen molar-refractivity contribution >= 4 is 11.7 Å². The second kappa shape index (κ2) is 8.39. The van der Waals surface area contributed by atoms with E-state index < -0.39 is 11.9 Å². The lowest BCUT2D eigenvalue weighted by Gasteiger charge is -2.15. The highest BCUT2D eigenvalue weighted by Crippen LogP contribution is 2.18. The minimum atomic E-state index is -0.714. The normalized spacial score (nSPS) is 11.8. The molecule has 0 saturated carbocycles. The second-order valence-corrected chi connectivity index (χ2v) is 4.96. The van der Waals surface area contributed by atoms with Gasteiger partial charge in [-0.05, 0) is 32.4 Å². The molecule has 0 bridgehead atoms. The Morgan fingerprint density at radius 3 is 2.62 bits per heavy atom. The SMILES string of the molecule is CCCCCNC(=O)C(C)Oc1ccc(C(C)=O)c(F)c1. The number of halogens is 1. The van der Waals surface area contributed by atoms with E-state index in [0.717, 1.165) is 25.3 Å². The summed E-state index contributed by atoms with van der Waals surface area (Å²) in [6, 6.07) is 3.97. The predicted molar refractivity (Wildman–Crippen MR) is 79.0 cm³/mol. The number of ketones is 1. The molecule has 0 aliphatic heterocycles. The van der Waals surface area contributed by atoms with E-state index in [-0.39, 0.29) is 23.0 Å². The topological polar surface area (TPSA) is 55.4 Å². The largest absolute Gasteiger partial charge is 0.481 e. The molecule has 1 aromatic carbocycles. The number of unbranched alkanes of at least 4 members (excludes halogenated alkanes) is 2. The number of nitrogens with one attached hydrogen (secondary N) is 1. The van der Waals surface area contributed by atoms with E-state index in [1.165, 1.54) is 19.1 Å². The van der Waals surface area contributed by atoms with Crippen molar-refractivity contribution in [2.24, 2.45) is 0 Å². The van der Waals surface area contributed by atoms with Crippen molar-refractivity contribution in [3.63, 3.8) is 0 Å². The van der Waals surface area contributed by atoms with E-state index in [4.69, 9.17) is 4.74 Å². The summed E-state index contributed by atoms with van der Waals surface area (Å²) in [6.45, 7) is 5.60. The number of carbonyl (C=O) groups is 2. The van der Waals surface area contributed by atoms with Gasteiger partial charge in [-0.3, -0.25) is 9.59 Å². The Hall–Kier alpha value is -1.91. The third kappa shape index (κ3) is 5.53. The summed E-state index contributed by atoms with van der Waals surface area (Å²) >= 11 is 0. The average Bonchev–Trinajstić information content (AvgIpc) is 2.43. The van der Waals surface area contributed by atoms with Crippen LogP contribution in [0.2, 0.25) is 0 Å². The molecule has 0 aromatic heterocycles. The lowest BCUT2D eigenvalue weighted by atomic mass is 10.1. The smallest absolute Gasteiger partial charge is 0.260 e. The number of benzene rings is 1. The van der Waals surface area contributed by atoms with Crippen LogP contribution in [-0.4, -0.2) is 24.3 Å². The van der Waals surface area contributed by atoms with Crippen molar-refractivity contribution < 1.29 is 18.7 Å². The maximum absolute atomic E-state index is 13.6. The van der Waals surface area contributed by atoms with Crippen molar-refractivity contribution in [1.29, 1.82) is 0 Å². The summed E-state index contributed by atoms with van der Waals surface area (Å²) in [6.07, 6.45) is 2.36. The van der Waals surface area contributed by atoms with E-state index in [0.29, 0.717) is 6.54 Å². The average molecular weight is 295 g/mol. The van der Waals surface area contributed by atoms with Crippen LogP contribution >= 0.6 is 0 Å². The molecule has 1 aromatic rings. The molecule has 0 fully saturated rings. The zero-order valence-electron chi connectivity index (χ0n) is 12.7. The zero-order valence-corrected chi connectivity index (χ0v) is 12.7. The first-order chi connectivity index (χ1) is 9.95. The number of carbonyl (C=O) groups excluding carboxylic acids is 2. The highest BCUT2D eigenvalue weighted by Gasteiger charge is 2.15. The van der Waals surface area contributed by atoms with Crippen LogP contribution in [0.5, 0.6) is 5.75 Å². The number of ether oxygens (including phenoxy) is 1. The van der Waals surface area contributed by atoms with Crippen LogP contribution in [0.3, 0.4) is 0 Å². The standard InChI is InChI=1S/C16H22FNO3/c1-4-5-6-9-18-16(20)12(3)21-13-7-8-14(11(2)19)15(17)10-13/h7-8,10,12H,4-6,9H2,1-3H3,(H,18,20). The Labute approximate surface area is 124 Å². The maximum atomic E-state index is 13.6. The van der Waals surface area contributed by atoms with Gasteiger partial charge < -0.3 is 10.1 Å². The van der Waals surface area contributed by atoms with E-state index in [1.54, 1.807) is 6.92 Å². The van der Waals surface area contributed by atoms with Gasteiger partial charge in [0.15, 0.2) is 11.9 Å². The van der Waals surface area contributed by atoms with Gasteiger partial charge in [0.1, 0.15) is 11.6 Å². The lowest BCUT2D eigenvalue weighted by molar-refractivity contribution is -0.127. The minimum absolute atomic E-state index is 0.0130. The quantitative estimate of drug-likeness (QED) is 0.592. The maximum Gasteiger partial charge on any atom is 0.260 e. The van der Waals surface area contributed by atoms with Gasteiger partial charge in [0.2, 0.25) is 0 Å². The third-order valence-corrected chi connectivity index (χ3v) is 3.08. The highest BCUT2D eigenvalue weighted by atomic mass is 19.1. The number of hydrogen-bond acceptors (Lipinski definition) is 3. The molecule has 5 heteroatoms. The highest BCUT2D eigenvalue weighted by molar-refractivity contribution is 5.94. The van der Waals surface area contributed by atoms with E-state index in [1.807, 2.05) is 0 Å². The summed E-state index contributed by atoms with van der Waals surface area (Å²) in [5.41, 5.74) is 0.0130. The van der Waals surface area contributed by atoms with Crippen LogP contribution in [-0.2, 0) is 4.79 Å². The third-order valence-electron chi connectivity index (χ3n) is 3.08. The van der Waals surface area contributed by atoms with Crippen molar-refractivity contribution in [2.45, 2.75) is 46.1 Å². The van der Waals surface area contributed by atoms with Crippen molar-refractivity contribution in [2.75, 3.05) is 6.54 Å². The van der Waals surface area contributed by atoms with E-state index in [2.05, 4.69) is 12.2 Å². The van der Waals surface area contributed by atoms with Gasteiger partial charge in [-0.25, -0.2) is 4.39 Å². The summed E-state index contributed by atoms with van der Waals surface area (Å²) in [7, 11) is 0. The molecule has 0 aliphatic rings. The Balaban J connectivity index is 2.54. The molecule has 0 saturated heterocycles. The molecule has 0 aliphatic carbocycles. The zero-order chi connectivity index (χ0) is 15.8. The second-order valence-electron chi connectivity index (χ2n) is 4.96. The van der Waals surface area contributed by atoms with Crippen LogP contribution in [0.15, 0.2) is 18.2 Å². The van der Waals surface area contributed by atoms with E-state index >= 15 is 0 Å². The number of hydrogen-bond donors (Lipinski definition) is 1. The first-order valence-electron chi connectivity index (χ1n) is 7.20. The molecule has 116 valence electrons. The molecule has 1 N–H and O–H groups in total. The van der Waals surface area contributed by atoms with Gasteiger partial charge in [-0.2, -0.15) is 0 Å². The Kier molecular flexibility index (Phi) is 6.85. The molecule has 4 nitrogen and oxygen atoms in total. The monoisotopic (exact) mass is 295 g/mol. The first kappa shape index (κ1) is 17.1. The minimum Gasteiger partial charge on any atom is -0.481 e. The van der Waals surface area contributed by atoms with Crippen LogP contribution in [0.1, 0.15) is 50.4 Å². The van der Waals surface area contributed by atoms with Gasteiger partial charge >= 0.3 is 0 Å². The van der Waals surface area contributed by atoms with Crippen LogP contribution < -0.4 is 10.1 Å². The van der Waals surface area contributed by atoms with Crippen LogP contribution in [0, 0.1) is 5.82 Å². The summed E-state index contributed by atoms with van der Waals surface area (Å²) in [5, 5.41) is 2.77. The molecule has 0 spiro atoms. The number of rotatable bonds is 8. The fourth-order valence-electron chi connectivity index (χ4n) is 1.84. The van der Waals surface area contributed by atoms with Gasteiger partial charge in [-0.15, -0.1) is 0 Å². The van der Waals surface area contributed by atoms with Gasteiger partial charge in [0.25, 0.3) is 5.91 Å². The molecule has 0 heterocycles. The fourth-order valence-corrected chi connectivity index (χ4v) is 1.84. The first-order valence-corrected chi connectivity index (χ1v) is 7.20. The molecule has 0 radical (unpaired) electrons. The van der Waals surface area contributed by atoms with Gasteiger partial charge in [0, 0.05) is 12.6 Å². The van der Waals surface area contributed by atoms with Crippen molar-refractivity contribution in [1.82, 2.24) is 5.32 Å². The molecular weight excluding hydrogens is 273 g/mol. The van der Waals surface area contributed by atoms with E-state index in [9.17, 15) is 14.0 Å². The Bertz CT molecular complexity index is 502.